The van der Waals surface area contributed by atoms with E-state index in [1.54, 1.807) is 0 Å². The lowest BCUT2D eigenvalue weighted by molar-refractivity contribution is -0.304. The van der Waals surface area contributed by atoms with Gasteiger partial charge in [-0.25, -0.2) is 0 Å². The summed E-state index contributed by atoms with van der Waals surface area (Å²) in [6, 6.07) is 0.692. The summed E-state index contributed by atoms with van der Waals surface area (Å²) in [5.74, 6) is 1.84. The number of hydrogen-bond donors (Lipinski definition) is 3. The topological polar surface area (TPSA) is 52.5 Å². The third kappa shape index (κ3) is 1.78. The Bertz CT molecular complexity index is 623. The number of rotatable bonds is 0. The Morgan fingerprint density at radius 3 is 2.73 bits per heavy atom. The first-order valence-corrected chi connectivity index (χ1v) is 11.6. The molecule has 1 heterocycles. The molecule has 3 N–H and O–H groups in total. The van der Waals surface area contributed by atoms with E-state index in [1.807, 2.05) is 0 Å². The van der Waals surface area contributed by atoms with Crippen molar-refractivity contribution in [2.24, 2.45) is 34.0 Å². The van der Waals surface area contributed by atoms with Gasteiger partial charge < -0.3 is 15.5 Å². The molecule has 3 heteroatoms. The van der Waals surface area contributed by atoms with Crippen LogP contribution >= 0.6 is 0 Å². The van der Waals surface area contributed by atoms with Gasteiger partial charge in [0.2, 0.25) is 0 Å². The molecule has 1 saturated heterocycles. The van der Waals surface area contributed by atoms with Gasteiger partial charge in [-0.3, -0.25) is 0 Å². The molecule has 3 nitrogen and oxygen atoms in total. The van der Waals surface area contributed by atoms with Crippen LogP contribution in [0.25, 0.3) is 0 Å². The Labute approximate surface area is 158 Å². The average molecular weight is 360 g/mol. The molecule has 0 aromatic heterocycles. The van der Waals surface area contributed by atoms with Gasteiger partial charge in [-0.2, -0.15) is 0 Å². The van der Waals surface area contributed by atoms with E-state index in [0.717, 1.165) is 37.5 Å². The highest BCUT2D eigenvalue weighted by Gasteiger charge is 2.79. The lowest BCUT2D eigenvalue weighted by atomic mass is 9.31. The second-order valence-electron chi connectivity index (χ2n) is 11.7. The number of aliphatic hydroxyl groups excluding tert-OH is 1. The molecular formula is C23H37NO2. The van der Waals surface area contributed by atoms with E-state index in [-0.39, 0.29) is 16.9 Å². The molecule has 1 aliphatic heterocycles. The van der Waals surface area contributed by atoms with Gasteiger partial charge >= 0.3 is 0 Å². The molecule has 26 heavy (non-hydrogen) atoms. The predicted octanol–water partition coefficient (Wildman–Crippen LogP) is 3.63. The number of hydrogen-bond acceptors (Lipinski definition) is 3. The van der Waals surface area contributed by atoms with Crippen molar-refractivity contribution in [1.82, 2.24) is 5.32 Å². The third-order valence-corrected chi connectivity index (χ3v) is 10.7. The molecular weight excluding hydrogens is 322 g/mol. The van der Waals surface area contributed by atoms with Crippen LogP contribution in [-0.2, 0) is 0 Å². The standard InChI is InChI=1S/C23H37NO2/c1-20-7-4-9-22(26,14-20)17-12-21-8-2-6-16(21)19-15(5-3-10-24-19)11-23(17,21)18(25)13-20/h15-19,24-26H,2-14H2,1H3. The summed E-state index contributed by atoms with van der Waals surface area (Å²) >= 11 is 0. The fourth-order valence-electron chi connectivity index (χ4n) is 10.1. The zero-order valence-corrected chi connectivity index (χ0v) is 16.5. The maximum atomic E-state index is 11.9. The van der Waals surface area contributed by atoms with Crippen LogP contribution in [0.2, 0.25) is 0 Å². The molecule has 2 bridgehead atoms. The Morgan fingerprint density at radius 2 is 1.85 bits per heavy atom. The van der Waals surface area contributed by atoms with Crippen molar-refractivity contribution >= 4 is 0 Å². The molecule has 2 spiro atoms. The molecule has 6 fully saturated rings. The molecule has 0 radical (unpaired) electrons. The zero-order chi connectivity index (χ0) is 17.8. The molecule has 0 aromatic rings. The average Bonchev–Trinajstić information content (AvgIpc) is 3.02. The quantitative estimate of drug-likeness (QED) is 0.619. The summed E-state index contributed by atoms with van der Waals surface area (Å²) in [6.45, 7) is 3.54. The van der Waals surface area contributed by atoms with Gasteiger partial charge in [-0.1, -0.05) is 19.8 Å². The van der Waals surface area contributed by atoms with E-state index >= 15 is 0 Å². The van der Waals surface area contributed by atoms with Crippen LogP contribution < -0.4 is 5.32 Å². The van der Waals surface area contributed by atoms with Crippen LogP contribution in [0, 0.1) is 34.0 Å². The van der Waals surface area contributed by atoms with E-state index in [9.17, 15) is 10.2 Å². The van der Waals surface area contributed by atoms with Gasteiger partial charge in [0.05, 0.1) is 11.7 Å². The lowest BCUT2D eigenvalue weighted by Crippen LogP contribution is -2.75. The highest BCUT2D eigenvalue weighted by molar-refractivity contribution is 5.28. The van der Waals surface area contributed by atoms with Gasteiger partial charge in [0.25, 0.3) is 0 Å². The second kappa shape index (κ2) is 5.07. The van der Waals surface area contributed by atoms with Crippen LogP contribution in [0.3, 0.4) is 0 Å². The minimum absolute atomic E-state index is 0.0191. The molecule has 6 rings (SSSR count). The van der Waals surface area contributed by atoms with Crippen molar-refractivity contribution < 1.29 is 10.2 Å². The summed E-state index contributed by atoms with van der Waals surface area (Å²) in [5.41, 5.74) is -0.00930. The van der Waals surface area contributed by atoms with Crippen LogP contribution in [0.1, 0.15) is 84.0 Å². The van der Waals surface area contributed by atoms with E-state index < -0.39 is 5.60 Å². The van der Waals surface area contributed by atoms with Crippen LogP contribution in [0.15, 0.2) is 0 Å². The molecule has 9 unspecified atom stereocenters. The summed E-state index contributed by atoms with van der Waals surface area (Å²) in [6.07, 6.45) is 14.0. The van der Waals surface area contributed by atoms with Gasteiger partial charge in [0, 0.05) is 11.5 Å². The minimum atomic E-state index is -0.502. The van der Waals surface area contributed by atoms with Crippen molar-refractivity contribution in [1.29, 1.82) is 0 Å². The fraction of sp³-hybridized carbons (Fsp3) is 1.00. The SMILES string of the molecule is CC12CCCC(O)(C1)C1CC34CCCC3C3NCCCC3CC14C(O)C2. The highest BCUT2D eigenvalue weighted by Crippen LogP contribution is 2.81. The maximum Gasteiger partial charge on any atom is 0.0687 e. The van der Waals surface area contributed by atoms with Gasteiger partial charge in [-0.15, -0.1) is 0 Å². The van der Waals surface area contributed by atoms with Gasteiger partial charge in [0.15, 0.2) is 0 Å². The zero-order valence-electron chi connectivity index (χ0n) is 16.5. The van der Waals surface area contributed by atoms with Crippen LogP contribution in [0.4, 0.5) is 0 Å². The number of piperidine rings is 1. The van der Waals surface area contributed by atoms with Gasteiger partial charge in [0.1, 0.15) is 0 Å². The summed E-state index contributed by atoms with van der Waals surface area (Å²) in [4.78, 5) is 0. The second-order valence-corrected chi connectivity index (χ2v) is 11.7. The molecule has 0 amide bonds. The van der Waals surface area contributed by atoms with Crippen molar-refractivity contribution in [3.8, 4) is 0 Å². The van der Waals surface area contributed by atoms with Crippen molar-refractivity contribution in [3.63, 3.8) is 0 Å². The number of fused-ring (bicyclic) bond motifs is 5. The fourth-order valence-corrected chi connectivity index (χ4v) is 10.1. The van der Waals surface area contributed by atoms with E-state index in [0.29, 0.717) is 17.4 Å². The third-order valence-electron chi connectivity index (χ3n) is 10.7. The Hall–Kier alpha value is -0.120. The molecule has 146 valence electrons. The first-order chi connectivity index (χ1) is 12.4. The largest absolute Gasteiger partial charge is 0.392 e. The van der Waals surface area contributed by atoms with Crippen LogP contribution in [0.5, 0.6) is 0 Å². The first-order valence-electron chi connectivity index (χ1n) is 11.6. The Balaban J connectivity index is 1.49. The Kier molecular flexibility index (Phi) is 3.28. The van der Waals surface area contributed by atoms with Crippen molar-refractivity contribution in [2.75, 3.05) is 6.54 Å². The van der Waals surface area contributed by atoms with Crippen LogP contribution in [-0.4, -0.2) is 34.5 Å². The Morgan fingerprint density at radius 1 is 0.962 bits per heavy atom. The molecule has 9 atom stereocenters. The molecule has 6 aliphatic rings. The molecule has 5 saturated carbocycles. The first kappa shape index (κ1) is 16.8. The summed E-state index contributed by atoms with van der Waals surface area (Å²) < 4.78 is 0. The lowest BCUT2D eigenvalue weighted by Gasteiger charge is -2.75. The van der Waals surface area contributed by atoms with E-state index in [2.05, 4.69) is 12.2 Å². The van der Waals surface area contributed by atoms with E-state index in [1.165, 1.54) is 57.9 Å². The molecule has 5 aliphatic carbocycles. The number of aliphatic hydroxyl groups is 2. The predicted molar refractivity (Wildman–Crippen MR) is 102 cm³/mol. The summed E-state index contributed by atoms with van der Waals surface area (Å²) in [5, 5.41) is 27.6. The number of nitrogens with one attached hydrogen (secondary N) is 1. The monoisotopic (exact) mass is 359 g/mol. The maximum absolute atomic E-state index is 11.9. The van der Waals surface area contributed by atoms with Gasteiger partial charge in [-0.05, 0) is 99.3 Å². The highest BCUT2D eigenvalue weighted by atomic mass is 16.3. The minimum Gasteiger partial charge on any atom is -0.392 e. The smallest absolute Gasteiger partial charge is 0.0687 e. The normalized spacial score (nSPS) is 63.6. The van der Waals surface area contributed by atoms with Crippen molar-refractivity contribution in [2.45, 2.75) is 102 Å². The van der Waals surface area contributed by atoms with Crippen molar-refractivity contribution in [3.05, 3.63) is 0 Å². The van der Waals surface area contributed by atoms with E-state index in [4.69, 9.17) is 0 Å². The summed E-state index contributed by atoms with van der Waals surface area (Å²) in [7, 11) is 0. The molecule has 0 aromatic carbocycles.